The molecule has 0 aliphatic rings. The van der Waals surface area contributed by atoms with E-state index in [0.717, 1.165) is 0 Å². The third-order valence-corrected chi connectivity index (χ3v) is 2.34. The van der Waals surface area contributed by atoms with Gasteiger partial charge in [0.15, 0.2) is 0 Å². The standard InChI is InChI=1S/C12H16FNO2/c1-9(6-7-15)8-14-12(16)10-2-4-11(13)5-3-10/h2-5,9,15H,6-8H2,1H3,(H,14,16). The summed E-state index contributed by atoms with van der Waals surface area (Å²) in [5, 5.41) is 11.4. The fourth-order valence-electron chi connectivity index (χ4n) is 1.29. The summed E-state index contributed by atoms with van der Waals surface area (Å²) in [6.45, 7) is 2.57. The molecular formula is C12H16FNO2. The molecule has 0 spiro atoms. The minimum Gasteiger partial charge on any atom is -0.396 e. The van der Waals surface area contributed by atoms with Crippen LogP contribution in [0.25, 0.3) is 0 Å². The monoisotopic (exact) mass is 225 g/mol. The lowest BCUT2D eigenvalue weighted by atomic mass is 10.1. The Labute approximate surface area is 94.3 Å². The average molecular weight is 225 g/mol. The zero-order valence-corrected chi connectivity index (χ0v) is 9.24. The van der Waals surface area contributed by atoms with E-state index < -0.39 is 0 Å². The van der Waals surface area contributed by atoms with Gasteiger partial charge in [0.25, 0.3) is 5.91 Å². The predicted molar refractivity (Wildman–Crippen MR) is 59.6 cm³/mol. The number of hydrogen-bond donors (Lipinski definition) is 2. The molecule has 0 fully saturated rings. The number of nitrogens with one attached hydrogen (secondary N) is 1. The summed E-state index contributed by atoms with van der Waals surface area (Å²) in [5.41, 5.74) is 0.442. The molecule has 1 aromatic carbocycles. The molecule has 0 aliphatic heterocycles. The van der Waals surface area contributed by atoms with Crippen molar-refractivity contribution in [3.8, 4) is 0 Å². The molecule has 0 radical (unpaired) electrons. The van der Waals surface area contributed by atoms with Gasteiger partial charge in [-0.1, -0.05) is 6.92 Å². The third-order valence-electron chi connectivity index (χ3n) is 2.34. The van der Waals surface area contributed by atoms with E-state index in [2.05, 4.69) is 5.32 Å². The normalized spacial score (nSPS) is 12.2. The second-order valence-electron chi connectivity index (χ2n) is 3.83. The molecule has 1 aromatic rings. The summed E-state index contributed by atoms with van der Waals surface area (Å²) < 4.78 is 12.6. The van der Waals surface area contributed by atoms with Crippen molar-refractivity contribution < 1.29 is 14.3 Å². The van der Waals surface area contributed by atoms with Crippen LogP contribution in [0.15, 0.2) is 24.3 Å². The van der Waals surface area contributed by atoms with Crippen LogP contribution in [0, 0.1) is 11.7 Å². The van der Waals surface area contributed by atoms with Crippen molar-refractivity contribution in [3.63, 3.8) is 0 Å². The predicted octanol–water partition coefficient (Wildman–Crippen LogP) is 1.57. The Bertz CT molecular complexity index is 337. The maximum atomic E-state index is 12.6. The number of amides is 1. The zero-order valence-electron chi connectivity index (χ0n) is 9.24. The Balaban J connectivity index is 2.43. The van der Waals surface area contributed by atoms with E-state index >= 15 is 0 Å². The first kappa shape index (κ1) is 12.6. The summed E-state index contributed by atoms with van der Waals surface area (Å²) in [4.78, 5) is 11.6. The van der Waals surface area contributed by atoms with E-state index in [1.165, 1.54) is 24.3 Å². The summed E-state index contributed by atoms with van der Waals surface area (Å²) in [6.07, 6.45) is 0.656. The number of benzene rings is 1. The van der Waals surface area contributed by atoms with Crippen molar-refractivity contribution in [2.45, 2.75) is 13.3 Å². The average Bonchev–Trinajstić information content (AvgIpc) is 2.27. The van der Waals surface area contributed by atoms with E-state index in [9.17, 15) is 9.18 Å². The Morgan fingerprint density at radius 3 is 2.62 bits per heavy atom. The van der Waals surface area contributed by atoms with Crippen LogP contribution in [0.3, 0.4) is 0 Å². The smallest absolute Gasteiger partial charge is 0.251 e. The van der Waals surface area contributed by atoms with E-state index in [1.807, 2.05) is 6.92 Å². The highest BCUT2D eigenvalue weighted by Gasteiger charge is 2.07. The molecule has 1 rings (SSSR count). The van der Waals surface area contributed by atoms with Crippen molar-refractivity contribution in [2.75, 3.05) is 13.2 Å². The van der Waals surface area contributed by atoms with Crippen LogP contribution < -0.4 is 5.32 Å². The maximum Gasteiger partial charge on any atom is 0.251 e. The molecule has 0 saturated heterocycles. The van der Waals surface area contributed by atoms with E-state index in [0.29, 0.717) is 18.5 Å². The number of carbonyl (C=O) groups excluding carboxylic acids is 1. The highest BCUT2D eigenvalue weighted by Crippen LogP contribution is 2.03. The number of hydrogen-bond acceptors (Lipinski definition) is 2. The molecule has 3 nitrogen and oxygen atoms in total. The molecule has 0 bridgehead atoms. The van der Waals surface area contributed by atoms with Crippen molar-refractivity contribution in [1.82, 2.24) is 5.32 Å². The SMILES string of the molecule is CC(CCO)CNC(=O)c1ccc(F)cc1. The van der Waals surface area contributed by atoms with E-state index in [1.54, 1.807) is 0 Å². The van der Waals surface area contributed by atoms with Gasteiger partial charge in [-0.2, -0.15) is 0 Å². The van der Waals surface area contributed by atoms with Gasteiger partial charge in [0.05, 0.1) is 0 Å². The third kappa shape index (κ3) is 3.98. The van der Waals surface area contributed by atoms with Gasteiger partial charge in [0.1, 0.15) is 5.82 Å². The number of aliphatic hydroxyl groups excluding tert-OH is 1. The molecule has 0 saturated carbocycles. The molecule has 4 heteroatoms. The summed E-state index contributed by atoms with van der Waals surface area (Å²) in [7, 11) is 0. The van der Waals surface area contributed by atoms with Gasteiger partial charge in [-0.3, -0.25) is 4.79 Å². The minimum absolute atomic E-state index is 0.119. The number of rotatable bonds is 5. The van der Waals surface area contributed by atoms with Crippen molar-refractivity contribution in [1.29, 1.82) is 0 Å². The summed E-state index contributed by atoms with van der Waals surface area (Å²) in [5.74, 6) is -0.343. The number of halogens is 1. The lowest BCUT2D eigenvalue weighted by molar-refractivity contribution is 0.0945. The number of carbonyl (C=O) groups is 1. The molecule has 16 heavy (non-hydrogen) atoms. The van der Waals surface area contributed by atoms with Crippen LogP contribution in [-0.4, -0.2) is 24.2 Å². The maximum absolute atomic E-state index is 12.6. The van der Waals surface area contributed by atoms with Gasteiger partial charge < -0.3 is 10.4 Å². The second-order valence-corrected chi connectivity index (χ2v) is 3.83. The van der Waals surface area contributed by atoms with Gasteiger partial charge in [-0.05, 0) is 36.6 Å². The lowest BCUT2D eigenvalue weighted by Crippen LogP contribution is -2.28. The summed E-state index contributed by atoms with van der Waals surface area (Å²) in [6, 6.07) is 5.40. The molecule has 1 atom stereocenters. The first-order valence-corrected chi connectivity index (χ1v) is 5.28. The molecule has 2 N–H and O–H groups in total. The second kappa shape index (κ2) is 6.23. The Kier molecular flexibility index (Phi) is 4.92. The van der Waals surface area contributed by atoms with Crippen LogP contribution in [0.4, 0.5) is 4.39 Å². The fraction of sp³-hybridized carbons (Fsp3) is 0.417. The van der Waals surface area contributed by atoms with Gasteiger partial charge in [-0.15, -0.1) is 0 Å². The van der Waals surface area contributed by atoms with Crippen LogP contribution in [0.5, 0.6) is 0 Å². The highest BCUT2D eigenvalue weighted by atomic mass is 19.1. The Morgan fingerprint density at radius 2 is 2.06 bits per heavy atom. The molecule has 1 unspecified atom stereocenters. The minimum atomic E-state index is -0.356. The first-order chi connectivity index (χ1) is 7.63. The Hall–Kier alpha value is -1.42. The van der Waals surface area contributed by atoms with Crippen molar-refractivity contribution in [3.05, 3.63) is 35.6 Å². The van der Waals surface area contributed by atoms with Crippen LogP contribution in [0.2, 0.25) is 0 Å². The molecular weight excluding hydrogens is 209 g/mol. The molecule has 0 heterocycles. The van der Waals surface area contributed by atoms with Crippen LogP contribution >= 0.6 is 0 Å². The van der Waals surface area contributed by atoms with Crippen molar-refractivity contribution in [2.24, 2.45) is 5.92 Å². The topological polar surface area (TPSA) is 49.3 Å². The van der Waals surface area contributed by atoms with Crippen LogP contribution in [-0.2, 0) is 0 Å². The zero-order chi connectivity index (χ0) is 12.0. The molecule has 0 aromatic heterocycles. The quantitative estimate of drug-likeness (QED) is 0.799. The van der Waals surface area contributed by atoms with E-state index in [-0.39, 0.29) is 24.2 Å². The molecule has 0 aliphatic carbocycles. The van der Waals surface area contributed by atoms with Crippen LogP contribution in [0.1, 0.15) is 23.7 Å². The lowest BCUT2D eigenvalue weighted by Gasteiger charge is -2.10. The van der Waals surface area contributed by atoms with Gasteiger partial charge >= 0.3 is 0 Å². The van der Waals surface area contributed by atoms with Gasteiger partial charge in [0.2, 0.25) is 0 Å². The van der Waals surface area contributed by atoms with Crippen molar-refractivity contribution >= 4 is 5.91 Å². The van der Waals surface area contributed by atoms with Gasteiger partial charge in [0, 0.05) is 18.7 Å². The van der Waals surface area contributed by atoms with Gasteiger partial charge in [-0.25, -0.2) is 4.39 Å². The number of aliphatic hydroxyl groups is 1. The molecule has 88 valence electrons. The first-order valence-electron chi connectivity index (χ1n) is 5.28. The fourth-order valence-corrected chi connectivity index (χ4v) is 1.29. The summed E-state index contributed by atoms with van der Waals surface area (Å²) >= 11 is 0. The Morgan fingerprint density at radius 1 is 1.44 bits per heavy atom. The highest BCUT2D eigenvalue weighted by molar-refractivity contribution is 5.94. The largest absolute Gasteiger partial charge is 0.396 e. The van der Waals surface area contributed by atoms with E-state index in [4.69, 9.17) is 5.11 Å². The molecule has 1 amide bonds.